The van der Waals surface area contributed by atoms with E-state index in [1.165, 1.54) is 46.4 Å². The standard InChI is InChI=1S/C23H22F4N4O3S.C2H6/c1-34-22-15(14-30(29-22)18-9-7-16(8-10-18)23(25,26)27)13-28-21(32)20-6-3-11-31(20)35(33)19-5-2-4-17(24)12-19;1-2/h2,4-5,7-10,12,14,20H,3,6,11,13H2,1H3,(H,28,32);1-2H3/t20-,35?;/m0./s1. The fraction of sp³-hybridized carbons (Fsp3) is 0.360. The van der Waals surface area contributed by atoms with Crippen molar-refractivity contribution in [3.05, 3.63) is 71.7 Å². The molecule has 2 aromatic carbocycles. The highest BCUT2D eigenvalue weighted by Crippen LogP contribution is 2.30. The topological polar surface area (TPSA) is 76.5 Å². The molecule has 1 N–H and O–H groups in total. The highest BCUT2D eigenvalue weighted by molar-refractivity contribution is 7.82. The second kappa shape index (κ2) is 12.3. The molecular formula is C25H28F4N4O3S. The lowest BCUT2D eigenvalue weighted by Gasteiger charge is -2.22. The molecule has 1 amide bonds. The van der Waals surface area contributed by atoms with Gasteiger partial charge in [-0.25, -0.2) is 17.6 Å². The number of aromatic nitrogens is 2. The number of carbonyl (C=O) groups excluding carboxylic acids is 1. The van der Waals surface area contributed by atoms with Gasteiger partial charge in [0.05, 0.1) is 28.8 Å². The summed E-state index contributed by atoms with van der Waals surface area (Å²) < 4.78 is 73.1. The van der Waals surface area contributed by atoms with Crippen molar-refractivity contribution < 1.29 is 31.3 Å². The largest absolute Gasteiger partial charge is 0.480 e. The first-order chi connectivity index (χ1) is 17.7. The van der Waals surface area contributed by atoms with Gasteiger partial charge in [-0.15, -0.1) is 5.10 Å². The number of amides is 1. The van der Waals surface area contributed by atoms with Crippen molar-refractivity contribution >= 4 is 16.9 Å². The first-order valence-corrected chi connectivity index (χ1v) is 12.8. The van der Waals surface area contributed by atoms with Crippen LogP contribution in [-0.2, 0) is 28.5 Å². The van der Waals surface area contributed by atoms with Crippen molar-refractivity contribution in [2.24, 2.45) is 0 Å². The van der Waals surface area contributed by atoms with Crippen molar-refractivity contribution in [2.45, 2.75) is 50.3 Å². The summed E-state index contributed by atoms with van der Waals surface area (Å²) in [6.45, 7) is 4.47. The van der Waals surface area contributed by atoms with Crippen LogP contribution in [0.1, 0.15) is 37.8 Å². The highest BCUT2D eigenvalue weighted by atomic mass is 32.2. The molecule has 1 aliphatic rings. The predicted molar refractivity (Wildman–Crippen MR) is 131 cm³/mol. The van der Waals surface area contributed by atoms with Gasteiger partial charge in [0, 0.05) is 19.3 Å². The molecule has 2 heterocycles. The van der Waals surface area contributed by atoms with Gasteiger partial charge in [0.25, 0.3) is 0 Å². The first kappa shape index (κ1) is 28.3. The minimum atomic E-state index is -4.44. The molecule has 0 saturated carbocycles. The van der Waals surface area contributed by atoms with Crippen LogP contribution in [0.15, 0.2) is 59.6 Å². The van der Waals surface area contributed by atoms with Crippen LogP contribution in [0.25, 0.3) is 5.69 Å². The third-order valence-corrected chi connectivity index (χ3v) is 7.09. The number of benzene rings is 2. The second-order valence-electron chi connectivity index (χ2n) is 7.88. The summed E-state index contributed by atoms with van der Waals surface area (Å²) in [6, 6.07) is 9.29. The van der Waals surface area contributed by atoms with Gasteiger partial charge in [0.15, 0.2) is 0 Å². The third-order valence-electron chi connectivity index (χ3n) is 5.57. The number of nitrogens with zero attached hydrogens (tertiary/aromatic N) is 3. The average Bonchev–Trinajstić information content (AvgIpc) is 3.55. The maximum absolute atomic E-state index is 13.5. The number of methoxy groups -OCH3 is 1. The van der Waals surface area contributed by atoms with Gasteiger partial charge in [-0.2, -0.15) is 13.2 Å². The number of carbonyl (C=O) groups is 1. The smallest absolute Gasteiger partial charge is 0.416 e. The van der Waals surface area contributed by atoms with Crippen LogP contribution in [0.5, 0.6) is 5.88 Å². The second-order valence-corrected chi connectivity index (χ2v) is 9.31. The van der Waals surface area contributed by atoms with Crippen LogP contribution in [0, 0.1) is 5.82 Å². The number of hydrogen-bond donors (Lipinski definition) is 1. The zero-order chi connectivity index (χ0) is 27.2. The van der Waals surface area contributed by atoms with Gasteiger partial charge in [-0.05, 0) is 55.3 Å². The van der Waals surface area contributed by atoms with Crippen LogP contribution < -0.4 is 10.1 Å². The van der Waals surface area contributed by atoms with Gasteiger partial charge in [-0.1, -0.05) is 19.9 Å². The predicted octanol–water partition coefficient (Wildman–Crippen LogP) is 4.87. The molecule has 2 atom stereocenters. The van der Waals surface area contributed by atoms with E-state index >= 15 is 0 Å². The van der Waals surface area contributed by atoms with E-state index in [2.05, 4.69) is 10.4 Å². The lowest BCUT2D eigenvalue weighted by atomic mass is 10.2. The summed E-state index contributed by atoms with van der Waals surface area (Å²) in [7, 11) is -0.297. The van der Waals surface area contributed by atoms with Crippen LogP contribution in [0.4, 0.5) is 17.6 Å². The maximum Gasteiger partial charge on any atom is 0.416 e. The van der Waals surface area contributed by atoms with Crippen LogP contribution in [-0.4, -0.2) is 43.9 Å². The number of rotatable bonds is 7. The van der Waals surface area contributed by atoms with Crippen molar-refractivity contribution in [3.63, 3.8) is 0 Å². The Morgan fingerprint density at radius 1 is 1.19 bits per heavy atom. The van der Waals surface area contributed by atoms with E-state index in [1.807, 2.05) is 13.8 Å². The van der Waals surface area contributed by atoms with E-state index in [-0.39, 0.29) is 23.2 Å². The van der Waals surface area contributed by atoms with E-state index in [9.17, 15) is 26.6 Å². The Morgan fingerprint density at radius 3 is 2.51 bits per heavy atom. The van der Waals surface area contributed by atoms with Crippen LogP contribution in [0.2, 0.25) is 0 Å². The molecule has 0 aliphatic carbocycles. The fourth-order valence-corrected chi connectivity index (χ4v) is 5.24. The van der Waals surface area contributed by atoms with Crippen molar-refractivity contribution in [2.75, 3.05) is 13.7 Å². The number of nitrogens with one attached hydrogen (secondary N) is 1. The van der Waals surface area contributed by atoms with Crippen LogP contribution >= 0.6 is 0 Å². The van der Waals surface area contributed by atoms with Crippen molar-refractivity contribution in [1.29, 1.82) is 0 Å². The maximum atomic E-state index is 13.5. The molecule has 1 aromatic heterocycles. The number of halogens is 4. The van der Waals surface area contributed by atoms with E-state index in [0.717, 1.165) is 12.1 Å². The quantitative estimate of drug-likeness (QED) is 0.434. The lowest BCUT2D eigenvalue weighted by Crippen LogP contribution is -2.43. The summed E-state index contributed by atoms with van der Waals surface area (Å²) in [4.78, 5) is 13.2. The molecule has 0 radical (unpaired) electrons. The number of alkyl halides is 3. The SMILES string of the molecule is CC.COc1nn(-c2ccc(C(F)(F)F)cc2)cc1CNC(=O)[C@@H]1CCCN1S(=O)c1cccc(F)c1. The monoisotopic (exact) mass is 540 g/mol. The molecule has 12 heteroatoms. The molecule has 37 heavy (non-hydrogen) atoms. The zero-order valence-corrected chi connectivity index (χ0v) is 21.4. The van der Waals surface area contributed by atoms with E-state index in [0.29, 0.717) is 30.6 Å². The summed E-state index contributed by atoms with van der Waals surface area (Å²) in [5.74, 6) is -0.651. The third kappa shape index (κ3) is 6.75. The molecule has 3 aromatic rings. The number of hydrogen-bond acceptors (Lipinski definition) is 4. The summed E-state index contributed by atoms with van der Waals surface area (Å²) in [5.41, 5.74) is 0.127. The summed E-state index contributed by atoms with van der Waals surface area (Å²) in [6.07, 6.45) is -1.73. The summed E-state index contributed by atoms with van der Waals surface area (Å²) >= 11 is 0. The Morgan fingerprint density at radius 2 is 1.89 bits per heavy atom. The van der Waals surface area contributed by atoms with E-state index < -0.39 is 34.6 Å². The molecule has 1 aliphatic heterocycles. The molecule has 4 rings (SSSR count). The van der Waals surface area contributed by atoms with E-state index in [4.69, 9.17) is 4.74 Å². The van der Waals surface area contributed by atoms with Gasteiger partial charge >= 0.3 is 6.18 Å². The Labute approximate surface area is 215 Å². The molecule has 200 valence electrons. The van der Waals surface area contributed by atoms with Gasteiger partial charge in [-0.3, -0.25) is 4.79 Å². The molecular weight excluding hydrogens is 512 g/mol. The minimum absolute atomic E-state index is 0.0413. The Balaban J connectivity index is 0.00000186. The minimum Gasteiger partial charge on any atom is -0.480 e. The highest BCUT2D eigenvalue weighted by Gasteiger charge is 2.35. The average molecular weight is 541 g/mol. The van der Waals surface area contributed by atoms with Gasteiger partial charge in [0.1, 0.15) is 22.8 Å². The molecule has 0 bridgehead atoms. The Hall–Kier alpha value is -3.25. The summed E-state index contributed by atoms with van der Waals surface area (Å²) in [5, 5.41) is 7.01. The molecule has 0 spiro atoms. The van der Waals surface area contributed by atoms with Gasteiger partial charge in [0.2, 0.25) is 11.8 Å². The lowest BCUT2D eigenvalue weighted by molar-refractivity contribution is -0.137. The van der Waals surface area contributed by atoms with Crippen LogP contribution in [0.3, 0.4) is 0 Å². The molecule has 1 unspecified atom stereocenters. The molecule has 7 nitrogen and oxygen atoms in total. The normalized spacial score (nSPS) is 16.6. The Kier molecular flexibility index (Phi) is 9.44. The zero-order valence-electron chi connectivity index (χ0n) is 20.6. The fourth-order valence-electron chi connectivity index (χ4n) is 3.83. The van der Waals surface area contributed by atoms with Crippen molar-refractivity contribution in [3.8, 4) is 11.6 Å². The first-order valence-electron chi connectivity index (χ1n) is 11.7. The van der Waals surface area contributed by atoms with Gasteiger partial charge < -0.3 is 10.1 Å². The molecule has 1 fully saturated rings. The Bertz CT molecular complexity index is 1230. The number of ether oxygens (including phenoxy) is 1. The van der Waals surface area contributed by atoms with E-state index in [1.54, 1.807) is 12.3 Å². The molecule has 1 saturated heterocycles. The van der Waals surface area contributed by atoms with Crippen molar-refractivity contribution in [1.82, 2.24) is 19.4 Å².